The van der Waals surface area contributed by atoms with Crippen LogP contribution >= 0.6 is 0 Å². The van der Waals surface area contributed by atoms with Gasteiger partial charge < -0.3 is 15.3 Å². The molecule has 0 saturated heterocycles. The number of aromatic hydroxyl groups is 1. The second-order valence-electron chi connectivity index (χ2n) is 8.39. The fraction of sp³-hybridized carbons (Fsp3) is 0.357. The van der Waals surface area contributed by atoms with Crippen LogP contribution in [0.3, 0.4) is 0 Å². The lowest BCUT2D eigenvalue weighted by molar-refractivity contribution is -0.117. The van der Waals surface area contributed by atoms with Crippen molar-refractivity contribution in [3.63, 3.8) is 0 Å². The summed E-state index contributed by atoms with van der Waals surface area (Å²) in [4.78, 5) is 15.0. The molecule has 0 spiro atoms. The van der Waals surface area contributed by atoms with Gasteiger partial charge in [0.25, 0.3) is 5.91 Å². The number of hydrogen-bond acceptors (Lipinski definition) is 4. The number of carbonyl (C=O) groups is 1. The van der Waals surface area contributed by atoms with Crippen molar-refractivity contribution in [2.24, 2.45) is 0 Å². The standard InChI is InChI=1S/C24H25N3O2.C4H8/c25-16-21(24(29)26-10-9-17-5-7-22(28)8-6-17)15-18-13-19-3-1-11-27-12-2-4-20(14-18)23(19)27;1-3-4-2/h5-8,13-15,28H,1-4,9-12H2,(H,26,29);3-4H,1-2H3/b21-15+;4-3-. The lowest BCUT2D eigenvalue weighted by atomic mass is 9.89. The van der Waals surface area contributed by atoms with E-state index in [4.69, 9.17) is 0 Å². The van der Waals surface area contributed by atoms with Crippen molar-refractivity contribution in [3.05, 3.63) is 76.4 Å². The molecular weight excluding hydrogens is 410 g/mol. The van der Waals surface area contributed by atoms with Crippen molar-refractivity contribution in [2.75, 3.05) is 24.5 Å². The first-order valence-corrected chi connectivity index (χ1v) is 11.7. The summed E-state index contributed by atoms with van der Waals surface area (Å²) in [5.41, 5.74) is 6.15. The Morgan fingerprint density at radius 1 is 1.09 bits per heavy atom. The SMILES string of the molecule is C/C=C\C.N#C/C(=C\c1cc2c3c(c1)CCCN3CCC2)C(=O)NCCc1ccc(O)cc1. The molecule has 2 aliphatic rings. The highest BCUT2D eigenvalue weighted by atomic mass is 16.3. The second kappa shape index (κ2) is 11.9. The molecule has 33 heavy (non-hydrogen) atoms. The average molecular weight is 444 g/mol. The van der Waals surface area contributed by atoms with Gasteiger partial charge in [0, 0.05) is 25.3 Å². The minimum Gasteiger partial charge on any atom is -0.508 e. The number of phenolic OH excluding ortho intramolecular Hbond substituents is 1. The summed E-state index contributed by atoms with van der Waals surface area (Å²) in [5.74, 6) is -0.126. The number of amides is 1. The molecule has 0 unspecified atom stereocenters. The van der Waals surface area contributed by atoms with Crippen LogP contribution in [-0.4, -0.2) is 30.6 Å². The van der Waals surface area contributed by atoms with Gasteiger partial charge in [-0.15, -0.1) is 0 Å². The number of nitriles is 1. The maximum absolute atomic E-state index is 12.5. The minimum absolute atomic E-state index is 0.131. The number of phenols is 1. The van der Waals surface area contributed by atoms with Crippen molar-refractivity contribution < 1.29 is 9.90 Å². The highest BCUT2D eigenvalue weighted by Gasteiger charge is 2.24. The molecule has 172 valence electrons. The first-order chi connectivity index (χ1) is 16.0. The van der Waals surface area contributed by atoms with Crippen LogP contribution in [0.25, 0.3) is 6.08 Å². The maximum Gasteiger partial charge on any atom is 0.261 e. The third-order valence-corrected chi connectivity index (χ3v) is 6.00. The number of nitrogens with zero attached hydrogens (tertiary/aromatic N) is 2. The van der Waals surface area contributed by atoms with Crippen LogP contribution in [0.4, 0.5) is 5.69 Å². The van der Waals surface area contributed by atoms with Crippen molar-refractivity contribution in [1.82, 2.24) is 5.32 Å². The van der Waals surface area contributed by atoms with Crippen LogP contribution in [-0.2, 0) is 24.1 Å². The molecular formula is C28H33N3O2. The van der Waals surface area contributed by atoms with Gasteiger partial charge in [-0.2, -0.15) is 5.26 Å². The Kier molecular flexibility index (Phi) is 8.71. The van der Waals surface area contributed by atoms with Gasteiger partial charge in [-0.05, 0) is 98.5 Å². The van der Waals surface area contributed by atoms with Gasteiger partial charge in [0.15, 0.2) is 0 Å². The highest BCUT2D eigenvalue weighted by Crippen LogP contribution is 2.36. The number of anilines is 1. The van der Waals surface area contributed by atoms with E-state index < -0.39 is 0 Å². The highest BCUT2D eigenvalue weighted by molar-refractivity contribution is 6.01. The van der Waals surface area contributed by atoms with Crippen molar-refractivity contribution in [2.45, 2.75) is 46.0 Å². The summed E-state index contributed by atoms with van der Waals surface area (Å²) in [6.45, 7) is 6.69. The lowest BCUT2D eigenvalue weighted by Gasteiger charge is -2.37. The number of benzene rings is 2. The van der Waals surface area contributed by atoms with Gasteiger partial charge in [0.1, 0.15) is 17.4 Å². The molecule has 2 aliphatic heterocycles. The summed E-state index contributed by atoms with van der Waals surface area (Å²) in [6.07, 6.45) is 10.8. The Morgan fingerprint density at radius 3 is 2.24 bits per heavy atom. The van der Waals surface area contributed by atoms with Crippen LogP contribution in [0.15, 0.2) is 54.1 Å². The molecule has 2 aromatic carbocycles. The van der Waals surface area contributed by atoms with E-state index in [9.17, 15) is 15.2 Å². The van der Waals surface area contributed by atoms with E-state index in [-0.39, 0.29) is 17.2 Å². The molecule has 1 amide bonds. The zero-order valence-electron chi connectivity index (χ0n) is 19.6. The Balaban J connectivity index is 0.000000709. The van der Waals surface area contributed by atoms with Gasteiger partial charge in [0.2, 0.25) is 0 Å². The molecule has 0 atom stereocenters. The third-order valence-electron chi connectivity index (χ3n) is 6.00. The summed E-state index contributed by atoms with van der Waals surface area (Å²) < 4.78 is 0. The summed E-state index contributed by atoms with van der Waals surface area (Å²) >= 11 is 0. The van der Waals surface area contributed by atoms with E-state index in [1.54, 1.807) is 18.2 Å². The number of aryl methyl sites for hydroxylation is 2. The third kappa shape index (κ3) is 6.49. The van der Waals surface area contributed by atoms with Gasteiger partial charge in [-0.1, -0.05) is 24.3 Å². The normalized spacial score (nSPS) is 14.7. The molecule has 5 heteroatoms. The predicted octanol–water partition coefficient (Wildman–Crippen LogP) is 4.94. The van der Waals surface area contributed by atoms with Crippen molar-refractivity contribution in [1.29, 1.82) is 5.26 Å². The maximum atomic E-state index is 12.5. The van der Waals surface area contributed by atoms with E-state index >= 15 is 0 Å². The largest absolute Gasteiger partial charge is 0.508 e. The number of carbonyl (C=O) groups excluding carboxylic acids is 1. The first kappa shape index (κ1) is 24.1. The quantitative estimate of drug-likeness (QED) is 0.390. The van der Waals surface area contributed by atoms with Gasteiger partial charge in [-0.25, -0.2) is 0 Å². The topological polar surface area (TPSA) is 76.4 Å². The van der Waals surface area contributed by atoms with Crippen LogP contribution < -0.4 is 10.2 Å². The molecule has 2 aromatic rings. The number of nitrogens with one attached hydrogen (secondary N) is 1. The van der Waals surface area contributed by atoms with E-state index in [1.807, 2.05) is 38.1 Å². The molecule has 2 heterocycles. The van der Waals surface area contributed by atoms with Crippen LogP contribution in [0.2, 0.25) is 0 Å². The van der Waals surface area contributed by atoms with E-state index in [2.05, 4.69) is 28.4 Å². The Morgan fingerprint density at radius 2 is 1.70 bits per heavy atom. The number of hydrogen-bond donors (Lipinski definition) is 2. The Hall–Kier alpha value is -3.52. The lowest BCUT2D eigenvalue weighted by Crippen LogP contribution is -2.34. The van der Waals surface area contributed by atoms with Crippen LogP contribution in [0.1, 0.15) is 48.9 Å². The molecule has 0 fully saturated rings. The fourth-order valence-electron chi connectivity index (χ4n) is 4.31. The predicted molar refractivity (Wildman–Crippen MR) is 134 cm³/mol. The Bertz CT molecular complexity index is 1030. The molecule has 0 saturated carbocycles. The van der Waals surface area contributed by atoms with Gasteiger partial charge in [0.05, 0.1) is 0 Å². The molecule has 0 aliphatic carbocycles. The smallest absolute Gasteiger partial charge is 0.261 e. The Labute approximate surface area is 197 Å². The zero-order chi connectivity index (χ0) is 23.6. The molecule has 0 radical (unpaired) electrons. The molecule has 4 rings (SSSR count). The fourth-order valence-corrected chi connectivity index (χ4v) is 4.31. The van der Waals surface area contributed by atoms with Crippen LogP contribution in [0.5, 0.6) is 5.75 Å². The van der Waals surface area contributed by atoms with E-state index in [1.165, 1.54) is 16.8 Å². The van der Waals surface area contributed by atoms with E-state index in [0.717, 1.165) is 49.9 Å². The first-order valence-electron chi connectivity index (χ1n) is 11.7. The average Bonchev–Trinajstić information content (AvgIpc) is 2.84. The summed E-state index contributed by atoms with van der Waals surface area (Å²) in [5, 5.41) is 21.7. The molecule has 2 N–H and O–H groups in total. The van der Waals surface area contributed by atoms with E-state index in [0.29, 0.717) is 13.0 Å². The number of rotatable bonds is 5. The molecule has 0 bridgehead atoms. The van der Waals surface area contributed by atoms with Gasteiger partial charge >= 0.3 is 0 Å². The number of allylic oxidation sites excluding steroid dienone is 2. The second-order valence-corrected chi connectivity index (χ2v) is 8.39. The van der Waals surface area contributed by atoms with Crippen LogP contribution in [0, 0.1) is 11.3 Å². The van der Waals surface area contributed by atoms with Crippen molar-refractivity contribution in [3.8, 4) is 11.8 Å². The van der Waals surface area contributed by atoms with Crippen molar-refractivity contribution >= 4 is 17.7 Å². The summed E-state index contributed by atoms with van der Waals surface area (Å²) in [7, 11) is 0. The summed E-state index contributed by atoms with van der Waals surface area (Å²) in [6, 6.07) is 13.2. The monoisotopic (exact) mass is 443 g/mol. The zero-order valence-corrected chi connectivity index (χ0v) is 19.6. The van der Waals surface area contributed by atoms with Gasteiger partial charge in [-0.3, -0.25) is 4.79 Å². The molecule has 5 nitrogen and oxygen atoms in total. The minimum atomic E-state index is -0.348. The molecule has 0 aromatic heterocycles.